The van der Waals surface area contributed by atoms with Gasteiger partial charge in [0.25, 0.3) is 5.91 Å². The number of aromatic nitrogens is 3. The molecule has 0 saturated heterocycles. The predicted octanol–water partition coefficient (Wildman–Crippen LogP) is 3.00. The lowest BCUT2D eigenvalue weighted by molar-refractivity contribution is 0.0784. The van der Waals surface area contributed by atoms with Crippen LogP contribution in [0.4, 0.5) is 8.78 Å². The van der Waals surface area contributed by atoms with Crippen LogP contribution in [0.2, 0.25) is 0 Å². The number of carbonyl (C=O) groups is 1. The highest BCUT2D eigenvalue weighted by Crippen LogP contribution is 2.17. The summed E-state index contributed by atoms with van der Waals surface area (Å²) in [4.78, 5) is 13.9. The molecule has 0 aliphatic heterocycles. The molecule has 0 fully saturated rings. The van der Waals surface area contributed by atoms with Gasteiger partial charge in [0.15, 0.2) is 0 Å². The minimum absolute atomic E-state index is 0.0463. The van der Waals surface area contributed by atoms with Crippen molar-refractivity contribution in [2.45, 2.75) is 20.0 Å². The molecule has 24 heavy (non-hydrogen) atoms. The van der Waals surface area contributed by atoms with E-state index in [1.165, 1.54) is 17.0 Å². The van der Waals surface area contributed by atoms with Crippen LogP contribution in [-0.4, -0.2) is 32.8 Å². The number of benzene rings is 2. The lowest BCUT2D eigenvalue weighted by Gasteiger charge is -2.17. The molecule has 1 heterocycles. The molecule has 5 nitrogen and oxygen atoms in total. The molecular formula is C17H16F2N4O. The SMILES string of the molecule is CCn1nnc2cc(C(=O)N(C)Cc3ccc(F)cc3F)ccc21. The first-order valence-electron chi connectivity index (χ1n) is 7.52. The molecule has 7 heteroatoms. The highest BCUT2D eigenvalue weighted by Gasteiger charge is 2.16. The Morgan fingerprint density at radius 1 is 1.21 bits per heavy atom. The second kappa shape index (κ2) is 6.35. The Balaban J connectivity index is 1.82. The van der Waals surface area contributed by atoms with Crippen molar-refractivity contribution in [2.75, 3.05) is 7.05 Å². The molecule has 0 aliphatic carbocycles. The summed E-state index contributed by atoms with van der Waals surface area (Å²) >= 11 is 0. The van der Waals surface area contributed by atoms with Gasteiger partial charge < -0.3 is 4.90 Å². The maximum atomic E-state index is 13.7. The summed E-state index contributed by atoms with van der Waals surface area (Å²) in [6.45, 7) is 2.69. The number of nitrogens with zero attached hydrogens (tertiary/aromatic N) is 4. The highest BCUT2D eigenvalue weighted by atomic mass is 19.1. The lowest BCUT2D eigenvalue weighted by Crippen LogP contribution is -2.26. The van der Waals surface area contributed by atoms with E-state index in [1.54, 1.807) is 29.9 Å². The molecule has 0 N–H and O–H groups in total. The van der Waals surface area contributed by atoms with Crippen LogP contribution in [0.15, 0.2) is 36.4 Å². The predicted molar refractivity (Wildman–Crippen MR) is 85.4 cm³/mol. The van der Waals surface area contributed by atoms with Crippen LogP contribution in [0.25, 0.3) is 11.0 Å². The van der Waals surface area contributed by atoms with Crippen molar-refractivity contribution in [3.63, 3.8) is 0 Å². The van der Waals surface area contributed by atoms with E-state index in [9.17, 15) is 13.6 Å². The molecule has 124 valence electrons. The number of rotatable bonds is 4. The molecule has 0 saturated carbocycles. The zero-order chi connectivity index (χ0) is 17.3. The largest absolute Gasteiger partial charge is 0.337 e. The van der Waals surface area contributed by atoms with Crippen LogP contribution in [0.1, 0.15) is 22.8 Å². The summed E-state index contributed by atoms with van der Waals surface area (Å²) in [5, 5.41) is 8.04. The van der Waals surface area contributed by atoms with Crippen molar-refractivity contribution < 1.29 is 13.6 Å². The maximum absolute atomic E-state index is 13.7. The number of carbonyl (C=O) groups excluding carboxylic acids is 1. The van der Waals surface area contributed by atoms with Gasteiger partial charge in [-0.2, -0.15) is 0 Å². The molecule has 0 atom stereocenters. The summed E-state index contributed by atoms with van der Waals surface area (Å²) in [7, 11) is 1.57. The summed E-state index contributed by atoms with van der Waals surface area (Å²) in [6.07, 6.45) is 0. The topological polar surface area (TPSA) is 51.0 Å². The number of aryl methyl sites for hydroxylation is 1. The second-order valence-corrected chi connectivity index (χ2v) is 5.51. The average Bonchev–Trinajstić information content (AvgIpc) is 2.98. The van der Waals surface area contributed by atoms with Gasteiger partial charge >= 0.3 is 0 Å². The molecule has 0 bridgehead atoms. The third-order valence-electron chi connectivity index (χ3n) is 3.83. The molecule has 0 radical (unpaired) electrons. The standard InChI is InChI=1S/C17H16F2N4O/c1-3-23-16-7-5-11(8-15(16)20-21-23)17(24)22(2)10-12-4-6-13(18)9-14(12)19/h4-9H,3,10H2,1-2H3. The lowest BCUT2D eigenvalue weighted by atomic mass is 10.1. The molecule has 0 spiro atoms. The van der Waals surface area contributed by atoms with E-state index in [0.29, 0.717) is 17.6 Å². The van der Waals surface area contributed by atoms with Gasteiger partial charge in [-0.15, -0.1) is 5.10 Å². The van der Waals surface area contributed by atoms with Gasteiger partial charge in [-0.3, -0.25) is 4.79 Å². The number of hydrogen-bond donors (Lipinski definition) is 0. The number of halogens is 2. The monoisotopic (exact) mass is 330 g/mol. The summed E-state index contributed by atoms with van der Waals surface area (Å²) in [6, 6.07) is 8.46. The van der Waals surface area contributed by atoms with E-state index in [0.717, 1.165) is 11.6 Å². The van der Waals surface area contributed by atoms with Crippen molar-refractivity contribution >= 4 is 16.9 Å². The minimum atomic E-state index is -0.670. The highest BCUT2D eigenvalue weighted by molar-refractivity contribution is 5.97. The average molecular weight is 330 g/mol. The van der Waals surface area contributed by atoms with Crippen LogP contribution in [-0.2, 0) is 13.1 Å². The first-order chi connectivity index (χ1) is 11.5. The van der Waals surface area contributed by atoms with Crippen molar-refractivity contribution in [1.29, 1.82) is 0 Å². The van der Waals surface area contributed by atoms with Crippen molar-refractivity contribution in [3.05, 3.63) is 59.2 Å². The fourth-order valence-corrected chi connectivity index (χ4v) is 2.54. The van der Waals surface area contributed by atoms with E-state index in [-0.39, 0.29) is 18.0 Å². The van der Waals surface area contributed by atoms with Crippen LogP contribution in [0, 0.1) is 11.6 Å². The molecular weight excluding hydrogens is 314 g/mol. The van der Waals surface area contributed by atoms with Gasteiger partial charge in [0.1, 0.15) is 17.2 Å². The van der Waals surface area contributed by atoms with E-state index in [4.69, 9.17) is 0 Å². The van der Waals surface area contributed by atoms with E-state index in [1.807, 2.05) is 6.92 Å². The fourth-order valence-electron chi connectivity index (χ4n) is 2.54. The van der Waals surface area contributed by atoms with Gasteiger partial charge in [-0.25, -0.2) is 13.5 Å². The van der Waals surface area contributed by atoms with Crippen molar-refractivity contribution in [3.8, 4) is 0 Å². The normalized spacial score (nSPS) is 11.0. The van der Waals surface area contributed by atoms with E-state index in [2.05, 4.69) is 10.3 Å². The summed E-state index contributed by atoms with van der Waals surface area (Å²) < 4.78 is 28.4. The van der Waals surface area contributed by atoms with E-state index >= 15 is 0 Å². The van der Waals surface area contributed by atoms with Crippen molar-refractivity contribution in [2.24, 2.45) is 0 Å². The molecule has 1 aromatic heterocycles. The smallest absolute Gasteiger partial charge is 0.253 e. The maximum Gasteiger partial charge on any atom is 0.253 e. The quantitative estimate of drug-likeness (QED) is 0.739. The number of fused-ring (bicyclic) bond motifs is 1. The zero-order valence-corrected chi connectivity index (χ0v) is 13.3. The molecule has 0 aliphatic rings. The van der Waals surface area contributed by atoms with Crippen LogP contribution >= 0.6 is 0 Å². The van der Waals surface area contributed by atoms with Gasteiger partial charge in [0.2, 0.25) is 0 Å². The number of hydrogen-bond acceptors (Lipinski definition) is 3. The van der Waals surface area contributed by atoms with E-state index < -0.39 is 11.6 Å². The Morgan fingerprint density at radius 2 is 2.00 bits per heavy atom. The first-order valence-corrected chi connectivity index (χ1v) is 7.52. The van der Waals surface area contributed by atoms with Crippen molar-refractivity contribution in [1.82, 2.24) is 19.9 Å². The molecule has 3 rings (SSSR count). The van der Waals surface area contributed by atoms with Gasteiger partial charge in [0, 0.05) is 37.3 Å². The minimum Gasteiger partial charge on any atom is -0.337 e. The Hall–Kier alpha value is -2.83. The number of amides is 1. The molecule has 2 aromatic carbocycles. The Morgan fingerprint density at radius 3 is 2.71 bits per heavy atom. The Labute approximate surface area is 137 Å². The van der Waals surface area contributed by atoms with Crippen LogP contribution < -0.4 is 0 Å². The molecule has 0 unspecified atom stereocenters. The van der Waals surface area contributed by atoms with Gasteiger partial charge in [0.05, 0.1) is 5.52 Å². The van der Waals surface area contributed by atoms with Crippen LogP contribution in [0.5, 0.6) is 0 Å². The Bertz CT molecular complexity index is 907. The van der Waals surface area contributed by atoms with Gasteiger partial charge in [-0.05, 0) is 31.2 Å². The second-order valence-electron chi connectivity index (χ2n) is 5.51. The van der Waals surface area contributed by atoms with Gasteiger partial charge in [-0.1, -0.05) is 11.3 Å². The fraction of sp³-hybridized carbons (Fsp3) is 0.235. The third kappa shape index (κ3) is 2.97. The Kier molecular flexibility index (Phi) is 4.24. The third-order valence-corrected chi connectivity index (χ3v) is 3.83. The molecule has 1 amide bonds. The first kappa shape index (κ1) is 16.0. The zero-order valence-electron chi connectivity index (χ0n) is 13.3. The summed E-state index contributed by atoms with van der Waals surface area (Å²) in [5.41, 5.74) is 2.17. The summed E-state index contributed by atoms with van der Waals surface area (Å²) in [5.74, 6) is -1.59. The van der Waals surface area contributed by atoms with Crippen LogP contribution in [0.3, 0.4) is 0 Å². The molecule has 3 aromatic rings.